The molecule has 1 atom stereocenters. The average molecular weight is 560 g/mol. The van der Waals surface area contributed by atoms with Crippen molar-refractivity contribution in [1.29, 1.82) is 0 Å². The summed E-state index contributed by atoms with van der Waals surface area (Å²) in [5.74, 6) is -0.786. The van der Waals surface area contributed by atoms with Crippen LogP contribution in [0.25, 0.3) is 11.0 Å². The van der Waals surface area contributed by atoms with Crippen LogP contribution in [0.15, 0.2) is 60.7 Å². The number of hydrogen-bond acceptors (Lipinski definition) is 8. The third-order valence-corrected chi connectivity index (χ3v) is 7.36. The first-order chi connectivity index (χ1) is 19.9. The molecule has 1 heterocycles. The van der Waals surface area contributed by atoms with Crippen LogP contribution in [0.3, 0.4) is 0 Å². The van der Waals surface area contributed by atoms with Gasteiger partial charge < -0.3 is 25.0 Å². The largest absolute Gasteiger partial charge is 0.504 e. The summed E-state index contributed by atoms with van der Waals surface area (Å²) in [7, 11) is 3.00. The molecule has 1 saturated carbocycles. The maximum atomic E-state index is 14.3. The number of nitrogens with one attached hydrogen (secondary N) is 1. The number of carbonyl (C=O) groups is 2. The van der Waals surface area contributed by atoms with Crippen LogP contribution < -0.4 is 19.7 Å². The van der Waals surface area contributed by atoms with Crippen molar-refractivity contribution in [2.75, 3.05) is 19.1 Å². The standard InChI is InChI=1S/C30H33N5O6/c1-40-22-15-21(16-23(17-22)41-2)35(28(38)18-34-25-11-7-6-10-24(25)32-33-34)29(19-12-13-26(36)27(37)14-19)30(39)31-20-8-4-3-5-9-20/h6-7,10-17,20,29,36-37H,3-5,8-9,18H2,1-2H3,(H,31,39)/t29-/m1/s1. The lowest BCUT2D eigenvalue weighted by Crippen LogP contribution is -2.48. The second-order valence-electron chi connectivity index (χ2n) is 10.1. The predicted octanol–water partition coefficient (Wildman–Crippen LogP) is 4.08. The fourth-order valence-electron chi connectivity index (χ4n) is 5.26. The van der Waals surface area contributed by atoms with Crippen molar-refractivity contribution in [1.82, 2.24) is 20.3 Å². The molecule has 1 fully saturated rings. The Morgan fingerprint density at radius 1 is 0.976 bits per heavy atom. The van der Waals surface area contributed by atoms with Gasteiger partial charge in [0.2, 0.25) is 11.8 Å². The smallest absolute Gasteiger partial charge is 0.249 e. The molecule has 5 rings (SSSR count). The first-order valence-corrected chi connectivity index (χ1v) is 13.5. The summed E-state index contributed by atoms with van der Waals surface area (Å²) in [6.45, 7) is -0.225. The SMILES string of the molecule is COc1cc(OC)cc(N(C(=O)Cn2nnc3ccccc32)[C@@H](C(=O)NC2CCCCC2)c2ccc(O)c(O)c2)c1. The lowest BCUT2D eigenvalue weighted by molar-refractivity contribution is -0.127. The molecule has 0 aliphatic heterocycles. The number of fused-ring (bicyclic) bond motifs is 1. The lowest BCUT2D eigenvalue weighted by atomic mass is 9.94. The summed E-state index contributed by atoms with van der Waals surface area (Å²) < 4.78 is 12.4. The van der Waals surface area contributed by atoms with Crippen molar-refractivity contribution >= 4 is 28.5 Å². The molecule has 1 aliphatic carbocycles. The van der Waals surface area contributed by atoms with Gasteiger partial charge in [0.25, 0.3) is 0 Å². The van der Waals surface area contributed by atoms with Crippen LogP contribution in [0.5, 0.6) is 23.0 Å². The van der Waals surface area contributed by atoms with Gasteiger partial charge in [-0.2, -0.15) is 0 Å². The van der Waals surface area contributed by atoms with Gasteiger partial charge in [0.05, 0.1) is 25.4 Å². The summed E-state index contributed by atoms with van der Waals surface area (Å²) >= 11 is 0. The molecule has 214 valence electrons. The van der Waals surface area contributed by atoms with Crippen LogP contribution in [0, 0.1) is 0 Å². The van der Waals surface area contributed by atoms with E-state index >= 15 is 0 Å². The molecule has 2 amide bonds. The zero-order chi connectivity index (χ0) is 28.9. The first kappa shape index (κ1) is 27.8. The molecule has 41 heavy (non-hydrogen) atoms. The van der Waals surface area contributed by atoms with Gasteiger partial charge >= 0.3 is 0 Å². The van der Waals surface area contributed by atoms with E-state index in [9.17, 15) is 19.8 Å². The van der Waals surface area contributed by atoms with Crippen molar-refractivity contribution < 1.29 is 29.3 Å². The van der Waals surface area contributed by atoms with E-state index in [1.54, 1.807) is 24.3 Å². The van der Waals surface area contributed by atoms with E-state index in [2.05, 4.69) is 15.6 Å². The van der Waals surface area contributed by atoms with Crippen molar-refractivity contribution in [3.63, 3.8) is 0 Å². The molecule has 1 aromatic heterocycles. The number of hydrogen-bond donors (Lipinski definition) is 3. The third-order valence-electron chi connectivity index (χ3n) is 7.36. The van der Waals surface area contributed by atoms with Gasteiger partial charge in [0.15, 0.2) is 11.5 Å². The van der Waals surface area contributed by atoms with Crippen molar-refractivity contribution in [2.24, 2.45) is 0 Å². The highest BCUT2D eigenvalue weighted by molar-refractivity contribution is 6.02. The number of amides is 2. The van der Waals surface area contributed by atoms with Gasteiger partial charge in [-0.3, -0.25) is 14.5 Å². The molecule has 0 bridgehead atoms. The number of methoxy groups -OCH3 is 2. The highest BCUT2D eigenvalue weighted by Crippen LogP contribution is 2.37. The molecule has 4 aromatic rings. The fraction of sp³-hybridized carbons (Fsp3) is 0.333. The van der Waals surface area contributed by atoms with E-state index in [1.807, 2.05) is 18.2 Å². The minimum absolute atomic E-state index is 0.0412. The summed E-state index contributed by atoms with van der Waals surface area (Å²) in [5.41, 5.74) is 1.94. The Balaban J connectivity index is 1.63. The Bertz CT molecular complexity index is 1530. The van der Waals surface area contributed by atoms with Crippen LogP contribution >= 0.6 is 0 Å². The van der Waals surface area contributed by atoms with Crippen molar-refractivity contribution in [3.8, 4) is 23.0 Å². The maximum absolute atomic E-state index is 14.3. The van der Waals surface area contributed by atoms with E-state index in [4.69, 9.17) is 9.47 Å². The van der Waals surface area contributed by atoms with Gasteiger partial charge in [-0.15, -0.1) is 5.10 Å². The Hall–Kier alpha value is -4.80. The van der Waals surface area contributed by atoms with E-state index in [0.717, 1.165) is 32.1 Å². The Morgan fingerprint density at radius 3 is 2.37 bits per heavy atom. The number of phenolic OH excluding ortho intramolecular Hbond substituents is 2. The number of anilines is 1. The molecule has 0 unspecified atom stereocenters. The third kappa shape index (κ3) is 6.03. The number of phenols is 2. The van der Waals surface area contributed by atoms with Crippen LogP contribution in [0.4, 0.5) is 5.69 Å². The van der Waals surface area contributed by atoms with E-state index < -0.39 is 23.6 Å². The molecule has 3 aromatic carbocycles. The van der Waals surface area contributed by atoms with Crippen molar-refractivity contribution in [3.05, 3.63) is 66.2 Å². The summed E-state index contributed by atoms with van der Waals surface area (Å²) in [5, 5.41) is 31.9. The molecule has 11 nitrogen and oxygen atoms in total. The number of nitrogens with zero attached hydrogens (tertiary/aromatic N) is 4. The summed E-state index contributed by atoms with van der Waals surface area (Å²) in [4.78, 5) is 29.7. The van der Waals surface area contributed by atoms with Crippen LogP contribution in [-0.4, -0.2) is 57.3 Å². The minimum atomic E-state index is -1.21. The number of aromatic nitrogens is 3. The Kier molecular flexibility index (Phi) is 8.23. The van der Waals surface area contributed by atoms with Crippen LogP contribution in [0.1, 0.15) is 43.7 Å². The second kappa shape index (κ2) is 12.2. The first-order valence-electron chi connectivity index (χ1n) is 13.5. The van der Waals surface area contributed by atoms with Gasteiger partial charge in [0, 0.05) is 24.2 Å². The highest BCUT2D eigenvalue weighted by atomic mass is 16.5. The summed E-state index contributed by atoms with van der Waals surface area (Å²) in [6, 6.07) is 15.1. The number of benzene rings is 3. The molecular weight excluding hydrogens is 526 g/mol. The molecular formula is C30H33N5O6. The molecule has 0 saturated heterocycles. The van der Waals surface area contributed by atoms with Gasteiger partial charge in [-0.25, -0.2) is 4.68 Å². The zero-order valence-electron chi connectivity index (χ0n) is 23.0. The average Bonchev–Trinajstić information content (AvgIpc) is 3.39. The normalized spacial score (nSPS) is 14.4. The fourth-order valence-corrected chi connectivity index (χ4v) is 5.26. The Labute approximate surface area is 237 Å². The van der Waals surface area contributed by atoms with E-state index in [-0.39, 0.29) is 18.3 Å². The predicted molar refractivity (Wildman–Crippen MR) is 152 cm³/mol. The van der Waals surface area contributed by atoms with Crippen molar-refractivity contribution in [2.45, 2.75) is 50.7 Å². The number of ether oxygens (including phenoxy) is 2. The van der Waals surface area contributed by atoms with Gasteiger partial charge in [-0.05, 0) is 42.7 Å². The molecule has 1 aliphatic rings. The molecule has 0 radical (unpaired) electrons. The lowest BCUT2D eigenvalue weighted by Gasteiger charge is -2.34. The second-order valence-corrected chi connectivity index (χ2v) is 10.1. The topological polar surface area (TPSA) is 139 Å². The number of para-hydroxylation sites is 1. The van der Waals surface area contributed by atoms with Gasteiger partial charge in [-0.1, -0.05) is 42.7 Å². The van der Waals surface area contributed by atoms with Crippen LogP contribution in [-0.2, 0) is 16.1 Å². The van der Waals surface area contributed by atoms with Crippen LogP contribution in [0.2, 0.25) is 0 Å². The number of rotatable bonds is 9. The maximum Gasteiger partial charge on any atom is 0.249 e. The quantitative estimate of drug-likeness (QED) is 0.261. The molecule has 0 spiro atoms. The zero-order valence-corrected chi connectivity index (χ0v) is 23.0. The number of aromatic hydroxyl groups is 2. The summed E-state index contributed by atoms with van der Waals surface area (Å²) in [6.07, 6.45) is 4.80. The molecule has 11 heteroatoms. The monoisotopic (exact) mass is 559 g/mol. The van der Waals surface area contributed by atoms with E-state index in [0.29, 0.717) is 33.8 Å². The highest BCUT2D eigenvalue weighted by Gasteiger charge is 2.35. The van der Waals surface area contributed by atoms with E-state index in [1.165, 1.54) is 42.0 Å². The Morgan fingerprint density at radius 2 is 1.68 bits per heavy atom. The number of carbonyl (C=O) groups excluding carboxylic acids is 2. The molecule has 3 N–H and O–H groups in total. The van der Waals surface area contributed by atoms with Gasteiger partial charge in [0.1, 0.15) is 29.6 Å². The minimum Gasteiger partial charge on any atom is -0.504 e.